The highest BCUT2D eigenvalue weighted by molar-refractivity contribution is 7.80. The normalized spacial score (nSPS) is 10.4. The zero-order valence-electron chi connectivity index (χ0n) is 14.1. The van der Waals surface area contributed by atoms with Crippen LogP contribution in [0.3, 0.4) is 0 Å². The molecule has 0 saturated carbocycles. The molecule has 0 saturated heterocycles. The van der Waals surface area contributed by atoms with Crippen molar-refractivity contribution in [1.29, 1.82) is 0 Å². The second-order valence-corrected chi connectivity index (χ2v) is 5.20. The van der Waals surface area contributed by atoms with Gasteiger partial charge in [0.05, 0.1) is 27.5 Å². The fraction of sp³-hybridized carbons (Fsp3) is 0.500. The van der Waals surface area contributed by atoms with E-state index in [0.717, 1.165) is 18.5 Å². The Bertz CT molecular complexity index is 510. The molecule has 1 rings (SSSR count). The number of hydrogen-bond acceptors (Lipinski definition) is 5. The minimum atomic E-state index is 0.504. The fourth-order valence-electron chi connectivity index (χ4n) is 1.96. The Morgan fingerprint density at radius 2 is 1.78 bits per heavy atom. The van der Waals surface area contributed by atoms with Crippen molar-refractivity contribution < 1.29 is 14.2 Å². The minimum Gasteiger partial charge on any atom is -0.493 e. The van der Waals surface area contributed by atoms with Gasteiger partial charge in [-0.15, -0.1) is 0 Å². The summed E-state index contributed by atoms with van der Waals surface area (Å²) in [4.78, 5) is 0. The molecule has 0 heterocycles. The average Bonchev–Trinajstić information content (AvgIpc) is 2.57. The van der Waals surface area contributed by atoms with Gasteiger partial charge in [0.1, 0.15) is 0 Å². The molecule has 23 heavy (non-hydrogen) atoms. The number of methoxy groups -OCH3 is 3. The van der Waals surface area contributed by atoms with E-state index in [2.05, 4.69) is 22.8 Å². The first-order chi connectivity index (χ1) is 11.2. The molecule has 0 spiro atoms. The van der Waals surface area contributed by atoms with Crippen LogP contribution in [0.4, 0.5) is 0 Å². The number of rotatable bonds is 9. The van der Waals surface area contributed by atoms with E-state index in [1.807, 2.05) is 12.1 Å². The van der Waals surface area contributed by atoms with Gasteiger partial charge in [-0.05, 0) is 30.8 Å². The summed E-state index contributed by atoms with van der Waals surface area (Å²) in [5.41, 5.74) is 3.59. The van der Waals surface area contributed by atoms with E-state index >= 15 is 0 Å². The third-order valence-corrected chi connectivity index (χ3v) is 3.37. The number of hydrogen-bond donors (Lipinski definition) is 2. The van der Waals surface area contributed by atoms with Crippen LogP contribution >= 0.6 is 12.2 Å². The van der Waals surface area contributed by atoms with Crippen LogP contribution in [0, 0.1) is 0 Å². The Morgan fingerprint density at radius 1 is 1.13 bits per heavy atom. The summed E-state index contributed by atoms with van der Waals surface area (Å²) in [5.74, 6) is 1.70. The Balaban J connectivity index is 2.64. The smallest absolute Gasteiger partial charge is 0.203 e. The van der Waals surface area contributed by atoms with Crippen molar-refractivity contribution in [3.05, 3.63) is 17.7 Å². The van der Waals surface area contributed by atoms with Crippen LogP contribution < -0.4 is 25.0 Å². The SMILES string of the molecule is CCCCCNC(=S)N/N=C\c1cc(OC)c(OC)c(OC)c1. The lowest BCUT2D eigenvalue weighted by molar-refractivity contribution is 0.324. The van der Waals surface area contributed by atoms with Crippen LogP contribution in [0.2, 0.25) is 0 Å². The van der Waals surface area contributed by atoms with Gasteiger partial charge in [-0.1, -0.05) is 19.8 Å². The van der Waals surface area contributed by atoms with E-state index in [4.69, 9.17) is 26.4 Å². The van der Waals surface area contributed by atoms with Crippen molar-refractivity contribution in [2.24, 2.45) is 5.10 Å². The number of hydrazone groups is 1. The van der Waals surface area contributed by atoms with Crippen LogP contribution in [0.5, 0.6) is 17.2 Å². The van der Waals surface area contributed by atoms with Gasteiger partial charge in [-0.3, -0.25) is 5.43 Å². The Labute approximate surface area is 143 Å². The molecule has 6 nitrogen and oxygen atoms in total. The van der Waals surface area contributed by atoms with Gasteiger partial charge in [0.2, 0.25) is 5.75 Å². The predicted molar refractivity (Wildman–Crippen MR) is 97.0 cm³/mol. The number of benzene rings is 1. The van der Waals surface area contributed by atoms with Crippen molar-refractivity contribution in [1.82, 2.24) is 10.7 Å². The molecule has 128 valence electrons. The Hall–Kier alpha value is -2.02. The van der Waals surface area contributed by atoms with Crippen LogP contribution in [0.1, 0.15) is 31.7 Å². The maximum atomic E-state index is 5.30. The van der Waals surface area contributed by atoms with Gasteiger partial charge in [-0.2, -0.15) is 5.10 Å². The second kappa shape index (κ2) is 10.7. The Kier molecular flexibility index (Phi) is 8.82. The number of unbranched alkanes of at least 4 members (excludes halogenated alkanes) is 2. The number of nitrogens with zero attached hydrogens (tertiary/aromatic N) is 1. The number of ether oxygens (including phenoxy) is 3. The van der Waals surface area contributed by atoms with E-state index < -0.39 is 0 Å². The molecule has 0 amide bonds. The molecule has 0 fully saturated rings. The van der Waals surface area contributed by atoms with Crippen LogP contribution in [0.15, 0.2) is 17.2 Å². The van der Waals surface area contributed by atoms with E-state index in [0.29, 0.717) is 22.4 Å². The predicted octanol–water partition coefficient (Wildman–Crippen LogP) is 2.70. The van der Waals surface area contributed by atoms with Crippen molar-refractivity contribution in [3.63, 3.8) is 0 Å². The summed E-state index contributed by atoms with van der Waals surface area (Å²) in [6.07, 6.45) is 5.10. The monoisotopic (exact) mass is 339 g/mol. The van der Waals surface area contributed by atoms with E-state index in [1.54, 1.807) is 27.5 Å². The quantitative estimate of drug-likeness (QED) is 0.312. The van der Waals surface area contributed by atoms with Crippen molar-refractivity contribution in [2.75, 3.05) is 27.9 Å². The largest absolute Gasteiger partial charge is 0.493 e. The van der Waals surface area contributed by atoms with E-state index in [-0.39, 0.29) is 0 Å². The summed E-state index contributed by atoms with van der Waals surface area (Å²) >= 11 is 5.15. The van der Waals surface area contributed by atoms with E-state index in [9.17, 15) is 0 Å². The molecule has 1 aromatic rings. The van der Waals surface area contributed by atoms with E-state index in [1.165, 1.54) is 12.8 Å². The third-order valence-electron chi connectivity index (χ3n) is 3.13. The lowest BCUT2D eigenvalue weighted by Gasteiger charge is -2.12. The first-order valence-electron chi connectivity index (χ1n) is 7.53. The van der Waals surface area contributed by atoms with Gasteiger partial charge in [0, 0.05) is 12.1 Å². The molecule has 0 aliphatic rings. The third kappa shape index (κ3) is 6.32. The highest BCUT2D eigenvalue weighted by Crippen LogP contribution is 2.37. The summed E-state index contributed by atoms with van der Waals surface area (Å²) in [6, 6.07) is 3.62. The zero-order valence-corrected chi connectivity index (χ0v) is 15.0. The molecule has 7 heteroatoms. The molecule has 1 aromatic carbocycles. The van der Waals surface area contributed by atoms with Crippen molar-refractivity contribution >= 4 is 23.5 Å². The molecule has 0 aliphatic heterocycles. The molecule has 0 bridgehead atoms. The molecule has 2 N–H and O–H groups in total. The maximum Gasteiger partial charge on any atom is 0.203 e. The average molecular weight is 339 g/mol. The Morgan fingerprint density at radius 3 is 2.30 bits per heavy atom. The van der Waals surface area contributed by atoms with Crippen molar-refractivity contribution in [3.8, 4) is 17.2 Å². The van der Waals surface area contributed by atoms with Crippen LogP contribution in [-0.2, 0) is 0 Å². The second-order valence-electron chi connectivity index (χ2n) is 4.79. The maximum absolute atomic E-state index is 5.30. The van der Waals surface area contributed by atoms with Gasteiger partial charge >= 0.3 is 0 Å². The lowest BCUT2D eigenvalue weighted by Crippen LogP contribution is -2.32. The summed E-state index contributed by atoms with van der Waals surface area (Å²) in [6.45, 7) is 3.01. The summed E-state index contributed by atoms with van der Waals surface area (Å²) in [7, 11) is 4.72. The van der Waals surface area contributed by atoms with Gasteiger partial charge in [0.25, 0.3) is 0 Å². The highest BCUT2D eigenvalue weighted by atomic mass is 32.1. The van der Waals surface area contributed by atoms with Crippen molar-refractivity contribution in [2.45, 2.75) is 26.2 Å². The molecule has 0 aliphatic carbocycles. The molecule has 0 radical (unpaired) electrons. The molecule has 0 unspecified atom stereocenters. The number of thiocarbonyl (C=S) groups is 1. The summed E-state index contributed by atoms with van der Waals surface area (Å²) in [5, 5.41) is 7.72. The minimum absolute atomic E-state index is 0.504. The number of nitrogens with one attached hydrogen (secondary N) is 2. The first-order valence-corrected chi connectivity index (χ1v) is 7.94. The molecule has 0 aromatic heterocycles. The standard InChI is InChI=1S/C16H25N3O3S/c1-5-6-7-8-17-16(23)19-18-11-12-9-13(20-2)15(22-4)14(10-12)21-3/h9-11H,5-8H2,1-4H3,(H2,17,19,23)/b18-11-. The molecular formula is C16H25N3O3S. The topological polar surface area (TPSA) is 64.1 Å². The fourth-order valence-corrected chi connectivity index (χ4v) is 2.11. The van der Waals surface area contributed by atoms with Gasteiger partial charge in [-0.25, -0.2) is 0 Å². The first kappa shape index (κ1) is 19.0. The molecule has 0 atom stereocenters. The lowest BCUT2D eigenvalue weighted by atomic mass is 10.2. The van der Waals surface area contributed by atoms with Crippen LogP contribution in [0.25, 0.3) is 0 Å². The zero-order chi connectivity index (χ0) is 17.1. The van der Waals surface area contributed by atoms with Gasteiger partial charge in [0.15, 0.2) is 16.6 Å². The molecular weight excluding hydrogens is 314 g/mol. The van der Waals surface area contributed by atoms with Gasteiger partial charge < -0.3 is 19.5 Å². The summed E-state index contributed by atoms with van der Waals surface area (Å²) < 4.78 is 15.9. The highest BCUT2D eigenvalue weighted by Gasteiger charge is 2.12. The van der Waals surface area contributed by atoms with Crippen LogP contribution in [-0.4, -0.2) is 39.2 Å².